The van der Waals surface area contributed by atoms with Gasteiger partial charge in [-0.15, -0.1) is 10.2 Å². The molecule has 0 radical (unpaired) electrons. The summed E-state index contributed by atoms with van der Waals surface area (Å²) >= 11 is 0. The first kappa shape index (κ1) is 17.7. The van der Waals surface area contributed by atoms with E-state index < -0.39 is 0 Å². The summed E-state index contributed by atoms with van der Waals surface area (Å²) in [7, 11) is 0. The molecule has 1 heterocycles. The molecule has 2 aromatic carbocycles. The van der Waals surface area contributed by atoms with Crippen molar-refractivity contribution >= 4 is 5.91 Å². The molecule has 3 rings (SSSR count). The standard InChI is InChI=1S/C19H20FN5O/c1-3-17(14-9-7-13(2)8-10-14)21-18(26)12-25-23-19(22-24-25)15-5-4-6-16(20)11-15/h4-11,17H,3,12H2,1-2H3,(H,21,26)/t17-/m1/s1. The molecule has 1 N–H and O–H groups in total. The van der Waals surface area contributed by atoms with Crippen LogP contribution in [0.2, 0.25) is 0 Å². The Kier molecular flexibility index (Phi) is 5.36. The van der Waals surface area contributed by atoms with E-state index >= 15 is 0 Å². The van der Waals surface area contributed by atoms with E-state index in [2.05, 4.69) is 20.7 Å². The monoisotopic (exact) mass is 353 g/mol. The molecule has 0 fully saturated rings. The van der Waals surface area contributed by atoms with E-state index in [4.69, 9.17) is 0 Å². The van der Waals surface area contributed by atoms with Gasteiger partial charge in [0.25, 0.3) is 0 Å². The minimum absolute atomic E-state index is 0.0509. The molecule has 0 aliphatic heterocycles. The Labute approximate surface area is 151 Å². The van der Waals surface area contributed by atoms with Crippen molar-refractivity contribution < 1.29 is 9.18 Å². The molecule has 0 unspecified atom stereocenters. The Hall–Kier alpha value is -3.09. The zero-order valence-electron chi connectivity index (χ0n) is 14.7. The first-order valence-corrected chi connectivity index (χ1v) is 8.45. The van der Waals surface area contributed by atoms with Crippen LogP contribution < -0.4 is 5.32 Å². The van der Waals surface area contributed by atoms with Crippen molar-refractivity contribution in [2.75, 3.05) is 0 Å². The molecule has 0 spiro atoms. The highest BCUT2D eigenvalue weighted by molar-refractivity contribution is 5.76. The van der Waals surface area contributed by atoms with Crippen LogP contribution in [0.25, 0.3) is 11.4 Å². The molecule has 134 valence electrons. The van der Waals surface area contributed by atoms with Gasteiger partial charge in [0.1, 0.15) is 12.4 Å². The molecule has 1 aromatic heterocycles. The highest BCUT2D eigenvalue weighted by Crippen LogP contribution is 2.17. The quantitative estimate of drug-likeness (QED) is 0.739. The average Bonchev–Trinajstić information content (AvgIpc) is 3.09. The first-order chi connectivity index (χ1) is 12.5. The van der Waals surface area contributed by atoms with Gasteiger partial charge in [-0.2, -0.15) is 4.80 Å². The van der Waals surface area contributed by atoms with Crippen LogP contribution in [0.4, 0.5) is 4.39 Å². The molecule has 26 heavy (non-hydrogen) atoms. The average molecular weight is 353 g/mol. The molecule has 6 nitrogen and oxygen atoms in total. The van der Waals surface area contributed by atoms with E-state index in [1.54, 1.807) is 12.1 Å². The number of aryl methyl sites for hydroxylation is 1. The van der Waals surface area contributed by atoms with Crippen LogP contribution in [0.15, 0.2) is 48.5 Å². The number of tetrazole rings is 1. The number of hydrogen-bond acceptors (Lipinski definition) is 4. The van der Waals surface area contributed by atoms with Crippen LogP contribution in [-0.4, -0.2) is 26.1 Å². The van der Waals surface area contributed by atoms with E-state index in [-0.39, 0.29) is 30.1 Å². The maximum absolute atomic E-state index is 13.3. The van der Waals surface area contributed by atoms with E-state index in [1.165, 1.54) is 22.5 Å². The Bertz CT molecular complexity index is 891. The zero-order chi connectivity index (χ0) is 18.5. The molecular formula is C19H20FN5O. The van der Waals surface area contributed by atoms with Crippen LogP contribution in [0, 0.1) is 12.7 Å². The lowest BCUT2D eigenvalue weighted by Gasteiger charge is -2.17. The molecule has 3 aromatic rings. The van der Waals surface area contributed by atoms with Crippen LogP contribution in [0.3, 0.4) is 0 Å². The highest BCUT2D eigenvalue weighted by Gasteiger charge is 2.15. The summed E-state index contributed by atoms with van der Waals surface area (Å²) in [4.78, 5) is 13.5. The number of aromatic nitrogens is 4. The van der Waals surface area contributed by atoms with E-state index in [1.807, 2.05) is 38.1 Å². The molecular weight excluding hydrogens is 333 g/mol. The maximum Gasteiger partial charge on any atom is 0.244 e. The summed E-state index contributed by atoms with van der Waals surface area (Å²) in [6, 6.07) is 13.9. The van der Waals surface area contributed by atoms with Gasteiger partial charge in [-0.1, -0.05) is 48.9 Å². The fraction of sp³-hybridized carbons (Fsp3) is 0.263. The number of nitrogens with one attached hydrogen (secondary N) is 1. The van der Waals surface area contributed by atoms with Crippen molar-refractivity contribution in [1.29, 1.82) is 0 Å². The number of rotatable bonds is 6. The largest absolute Gasteiger partial charge is 0.348 e. The second-order valence-electron chi connectivity index (χ2n) is 6.09. The topological polar surface area (TPSA) is 72.7 Å². The molecule has 1 atom stereocenters. The Balaban J connectivity index is 1.65. The fourth-order valence-corrected chi connectivity index (χ4v) is 2.64. The van der Waals surface area contributed by atoms with Crippen molar-refractivity contribution in [2.24, 2.45) is 0 Å². The molecule has 1 amide bonds. The third kappa shape index (κ3) is 4.30. The molecule has 7 heteroatoms. The summed E-state index contributed by atoms with van der Waals surface area (Å²) in [5, 5.41) is 14.9. The van der Waals surface area contributed by atoms with Crippen molar-refractivity contribution in [3.8, 4) is 11.4 Å². The molecule has 0 saturated heterocycles. The third-order valence-corrected chi connectivity index (χ3v) is 4.04. The van der Waals surface area contributed by atoms with Gasteiger partial charge in [-0.3, -0.25) is 4.79 Å². The third-order valence-electron chi connectivity index (χ3n) is 4.04. The fourth-order valence-electron chi connectivity index (χ4n) is 2.64. The van der Waals surface area contributed by atoms with Crippen molar-refractivity contribution in [3.63, 3.8) is 0 Å². The smallest absolute Gasteiger partial charge is 0.244 e. The lowest BCUT2D eigenvalue weighted by Crippen LogP contribution is -2.32. The lowest BCUT2D eigenvalue weighted by atomic mass is 10.0. The van der Waals surface area contributed by atoms with Crippen LogP contribution in [0.1, 0.15) is 30.5 Å². The summed E-state index contributed by atoms with van der Waals surface area (Å²) in [6.45, 7) is 3.99. The predicted octanol–water partition coefficient (Wildman–Crippen LogP) is 3.06. The number of benzene rings is 2. The van der Waals surface area contributed by atoms with Gasteiger partial charge in [-0.05, 0) is 36.3 Å². The number of hydrogen-bond donors (Lipinski definition) is 1. The Morgan fingerprint density at radius 1 is 1.23 bits per heavy atom. The van der Waals surface area contributed by atoms with Gasteiger partial charge in [0.2, 0.25) is 11.7 Å². The number of amides is 1. The first-order valence-electron chi connectivity index (χ1n) is 8.45. The highest BCUT2D eigenvalue weighted by atomic mass is 19.1. The zero-order valence-corrected chi connectivity index (χ0v) is 14.7. The normalized spacial score (nSPS) is 12.0. The van der Waals surface area contributed by atoms with Gasteiger partial charge in [0, 0.05) is 5.56 Å². The second kappa shape index (κ2) is 7.86. The minimum Gasteiger partial charge on any atom is -0.348 e. The number of carbonyl (C=O) groups is 1. The summed E-state index contributed by atoms with van der Waals surface area (Å²) in [5.41, 5.74) is 2.74. The number of halogens is 1. The lowest BCUT2D eigenvalue weighted by molar-refractivity contribution is -0.122. The van der Waals surface area contributed by atoms with Crippen molar-refractivity contribution in [2.45, 2.75) is 32.9 Å². The Morgan fingerprint density at radius 3 is 2.69 bits per heavy atom. The van der Waals surface area contributed by atoms with E-state index in [9.17, 15) is 9.18 Å². The summed E-state index contributed by atoms with van der Waals surface area (Å²) < 4.78 is 13.3. The minimum atomic E-state index is -0.375. The van der Waals surface area contributed by atoms with Crippen LogP contribution in [-0.2, 0) is 11.3 Å². The molecule has 0 aliphatic carbocycles. The van der Waals surface area contributed by atoms with Crippen LogP contribution >= 0.6 is 0 Å². The van der Waals surface area contributed by atoms with Crippen molar-refractivity contribution in [3.05, 3.63) is 65.5 Å². The molecule has 0 aliphatic rings. The predicted molar refractivity (Wildman–Crippen MR) is 95.6 cm³/mol. The second-order valence-corrected chi connectivity index (χ2v) is 6.09. The number of nitrogens with zero attached hydrogens (tertiary/aromatic N) is 4. The molecule has 0 bridgehead atoms. The summed E-state index contributed by atoms with van der Waals surface area (Å²) in [6.07, 6.45) is 0.772. The van der Waals surface area contributed by atoms with Crippen LogP contribution in [0.5, 0.6) is 0 Å². The van der Waals surface area contributed by atoms with Gasteiger partial charge >= 0.3 is 0 Å². The van der Waals surface area contributed by atoms with Gasteiger partial charge in [-0.25, -0.2) is 4.39 Å². The summed E-state index contributed by atoms with van der Waals surface area (Å²) in [5.74, 6) is -0.302. The van der Waals surface area contributed by atoms with E-state index in [0.29, 0.717) is 5.56 Å². The van der Waals surface area contributed by atoms with Gasteiger partial charge in [0.15, 0.2) is 0 Å². The van der Waals surface area contributed by atoms with Gasteiger partial charge < -0.3 is 5.32 Å². The SMILES string of the molecule is CC[C@@H](NC(=O)Cn1nnc(-c2cccc(F)c2)n1)c1ccc(C)cc1. The van der Waals surface area contributed by atoms with Crippen molar-refractivity contribution in [1.82, 2.24) is 25.5 Å². The Morgan fingerprint density at radius 2 is 2.00 bits per heavy atom. The number of carbonyl (C=O) groups excluding carboxylic acids is 1. The van der Waals surface area contributed by atoms with E-state index in [0.717, 1.165) is 12.0 Å². The van der Waals surface area contributed by atoms with Gasteiger partial charge in [0.05, 0.1) is 6.04 Å². The molecule has 0 saturated carbocycles. The maximum atomic E-state index is 13.3.